The van der Waals surface area contributed by atoms with E-state index in [0.29, 0.717) is 25.7 Å². The minimum absolute atomic E-state index is 0.104. The predicted octanol–water partition coefficient (Wildman–Crippen LogP) is 21.4. The first-order valence-corrected chi connectivity index (χ1v) is 41.4. The van der Waals surface area contributed by atoms with E-state index < -0.39 is 97.5 Å². The molecule has 0 aromatic heterocycles. The molecule has 0 aliphatic heterocycles. The number of carbonyl (C=O) groups is 4. The number of phosphoric ester groups is 2. The Bertz CT molecular complexity index is 1820. The predicted molar refractivity (Wildman–Crippen MR) is 377 cm³/mol. The van der Waals surface area contributed by atoms with Crippen molar-refractivity contribution < 1.29 is 80.2 Å². The maximum absolute atomic E-state index is 13.1. The van der Waals surface area contributed by atoms with Crippen molar-refractivity contribution in [3.8, 4) is 0 Å². The van der Waals surface area contributed by atoms with E-state index in [2.05, 4.69) is 48.5 Å². The first-order valence-electron chi connectivity index (χ1n) is 38.4. The molecule has 552 valence electrons. The highest BCUT2D eigenvalue weighted by molar-refractivity contribution is 7.47. The molecule has 0 saturated carbocycles. The summed E-state index contributed by atoms with van der Waals surface area (Å²) in [5.74, 6) is 0.246. The van der Waals surface area contributed by atoms with E-state index in [1.807, 2.05) is 0 Å². The summed E-state index contributed by atoms with van der Waals surface area (Å²) in [6.07, 6.45) is 50.4. The standard InChI is InChI=1S/C74H144O17P2/c1-8-10-11-38-48-55-71(76)84-61-69(90-74(79)58-51-44-37-31-30-34-41-47-54-67(7)9-2)63-88-92(80,81)86-59-68(75)60-87-93(82,83)89-64-70(62-85-72(77)56-49-42-35-28-24-20-17-16-19-23-27-33-40-46-53-66(5)6)91-73(78)57-50-43-36-29-25-21-15-13-12-14-18-22-26-32-39-45-52-65(3)4/h65-70,75H,8-64H2,1-7H3,(H,80,81)(H,82,83)/t67?,68-,69+,70+/m0/s1. The molecule has 0 amide bonds. The van der Waals surface area contributed by atoms with Crippen LogP contribution in [0.1, 0.15) is 376 Å². The smallest absolute Gasteiger partial charge is 0.462 e. The summed E-state index contributed by atoms with van der Waals surface area (Å²) in [5, 5.41) is 10.6. The Hall–Kier alpha value is -1.94. The number of phosphoric acid groups is 2. The van der Waals surface area contributed by atoms with Crippen molar-refractivity contribution in [1.29, 1.82) is 0 Å². The largest absolute Gasteiger partial charge is 0.472 e. The van der Waals surface area contributed by atoms with Crippen molar-refractivity contribution in [2.24, 2.45) is 17.8 Å². The minimum atomic E-state index is -4.95. The number of hydrogen-bond donors (Lipinski definition) is 3. The summed E-state index contributed by atoms with van der Waals surface area (Å²) in [6.45, 7) is 11.8. The molecule has 0 rings (SSSR count). The number of unbranched alkanes of at least 4 members (excludes halogenated alkanes) is 39. The van der Waals surface area contributed by atoms with E-state index in [1.54, 1.807) is 0 Å². The van der Waals surface area contributed by atoms with Gasteiger partial charge in [0.2, 0.25) is 0 Å². The lowest BCUT2D eigenvalue weighted by Crippen LogP contribution is -2.30. The summed E-state index contributed by atoms with van der Waals surface area (Å²) < 4.78 is 68.2. The van der Waals surface area contributed by atoms with Crippen molar-refractivity contribution in [3.63, 3.8) is 0 Å². The Morgan fingerprint density at radius 3 is 0.817 bits per heavy atom. The average molecular weight is 1370 g/mol. The van der Waals surface area contributed by atoms with Crippen molar-refractivity contribution in [3.05, 3.63) is 0 Å². The number of hydrogen-bond acceptors (Lipinski definition) is 15. The number of aliphatic hydroxyl groups is 1. The summed E-state index contributed by atoms with van der Waals surface area (Å²) >= 11 is 0. The van der Waals surface area contributed by atoms with Crippen LogP contribution < -0.4 is 0 Å². The van der Waals surface area contributed by atoms with E-state index in [0.717, 1.165) is 114 Å². The van der Waals surface area contributed by atoms with E-state index >= 15 is 0 Å². The van der Waals surface area contributed by atoms with Crippen molar-refractivity contribution in [2.75, 3.05) is 39.6 Å². The van der Waals surface area contributed by atoms with Gasteiger partial charge in [0.1, 0.15) is 19.3 Å². The van der Waals surface area contributed by atoms with Crippen LogP contribution >= 0.6 is 15.6 Å². The van der Waals surface area contributed by atoms with Crippen molar-refractivity contribution >= 4 is 39.5 Å². The zero-order valence-electron chi connectivity index (χ0n) is 60.7. The Kier molecular flexibility index (Phi) is 63.4. The van der Waals surface area contributed by atoms with Crippen LogP contribution in [-0.2, 0) is 65.4 Å². The second kappa shape index (κ2) is 64.7. The molecule has 17 nitrogen and oxygen atoms in total. The Morgan fingerprint density at radius 1 is 0.312 bits per heavy atom. The molecule has 0 heterocycles. The molecule has 93 heavy (non-hydrogen) atoms. The number of esters is 4. The molecule has 6 atom stereocenters. The fourth-order valence-corrected chi connectivity index (χ4v) is 12.8. The zero-order valence-corrected chi connectivity index (χ0v) is 62.5. The van der Waals surface area contributed by atoms with Gasteiger partial charge in [-0.25, -0.2) is 9.13 Å². The molecule has 0 aromatic carbocycles. The van der Waals surface area contributed by atoms with Crippen LogP contribution in [-0.4, -0.2) is 96.7 Å². The minimum Gasteiger partial charge on any atom is -0.462 e. The second-order valence-corrected chi connectivity index (χ2v) is 30.8. The van der Waals surface area contributed by atoms with Crippen LogP contribution in [0.15, 0.2) is 0 Å². The van der Waals surface area contributed by atoms with Crippen LogP contribution in [0.5, 0.6) is 0 Å². The highest BCUT2D eigenvalue weighted by Gasteiger charge is 2.30. The number of aliphatic hydroxyl groups excluding tert-OH is 1. The van der Waals surface area contributed by atoms with Gasteiger partial charge in [-0.1, -0.05) is 325 Å². The van der Waals surface area contributed by atoms with Crippen molar-refractivity contribution in [1.82, 2.24) is 0 Å². The quantitative estimate of drug-likeness (QED) is 0.0222. The Balaban J connectivity index is 5.15. The first kappa shape index (κ1) is 91.1. The molecule has 0 aromatic rings. The summed E-state index contributed by atoms with van der Waals surface area (Å²) in [6, 6.07) is 0. The lowest BCUT2D eigenvalue weighted by molar-refractivity contribution is -0.161. The third-order valence-electron chi connectivity index (χ3n) is 17.5. The number of carbonyl (C=O) groups excluding carboxylic acids is 4. The van der Waals surface area contributed by atoms with E-state index in [1.165, 1.54) is 180 Å². The molecular weight excluding hydrogens is 1220 g/mol. The first-order chi connectivity index (χ1) is 44.8. The van der Waals surface area contributed by atoms with Gasteiger partial charge in [-0.05, 0) is 43.4 Å². The summed E-state index contributed by atoms with van der Waals surface area (Å²) in [4.78, 5) is 72.4. The summed E-state index contributed by atoms with van der Waals surface area (Å²) in [7, 11) is -9.90. The van der Waals surface area contributed by atoms with E-state index in [9.17, 15) is 43.2 Å². The van der Waals surface area contributed by atoms with Crippen LogP contribution in [0.4, 0.5) is 0 Å². The maximum Gasteiger partial charge on any atom is 0.472 e. The highest BCUT2D eigenvalue weighted by Crippen LogP contribution is 2.45. The van der Waals surface area contributed by atoms with Gasteiger partial charge in [0.25, 0.3) is 0 Å². The molecule has 19 heteroatoms. The van der Waals surface area contributed by atoms with Gasteiger partial charge in [0.05, 0.1) is 26.4 Å². The molecule has 0 saturated heterocycles. The van der Waals surface area contributed by atoms with E-state index in [4.69, 9.17) is 37.0 Å². The van der Waals surface area contributed by atoms with Crippen LogP contribution in [0.3, 0.4) is 0 Å². The second-order valence-electron chi connectivity index (χ2n) is 27.9. The number of ether oxygens (including phenoxy) is 4. The van der Waals surface area contributed by atoms with Crippen LogP contribution in [0, 0.1) is 17.8 Å². The maximum atomic E-state index is 13.1. The molecule has 0 radical (unpaired) electrons. The van der Waals surface area contributed by atoms with Crippen LogP contribution in [0.25, 0.3) is 0 Å². The average Bonchev–Trinajstić information content (AvgIpc) is 2.53. The highest BCUT2D eigenvalue weighted by atomic mass is 31.2. The SMILES string of the molecule is CCCCCCCC(=O)OC[C@H](COP(=O)(O)OC[C@H](O)COP(=O)(O)OC[C@@H](COC(=O)CCCCCCCCCCCCCCCCC(C)C)OC(=O)CCCCCCCCCCCCCCCCCCC(C)C)OC(=O)CCCCCCCCCCC(C)CC. The topological polar surface area (TPSA) is 237 Å². The van der Waals surface area contributed by atoms with Gasteiger partial charge in [0.15, 0.2) is 12.2 Å². The molecule has 0 aliphatic carbocycles. The lowest BCUT2D eigenvalue weighted by Gasteiger charge is -2.21. The Labute approximate surface area is 568 Å². The molecular formula is C74H144O17P2. The third-order valence-corrected chi connectivity index (χ3v) is 19.4. The normalized spacial score (nSPS) is 14.4. The van der Waals surface area contributed by atoms with Gasteiger partial charge in [-0.15, -0.1) is 0 Å². The molecule has 0 aliphatic rings. The summed E-state index contributed by atoms with van der Waals surface area (Å²) in [5.41, 5.74) is 0. The van der Waals surface area contributed by atoms with Gasteiger partial charge >= 0.3 is 39.5 Å². The number of rotatable bonds is 72. The fraction of sp³-hybridized carbons (Fsp3) is 0.946. The molecule has 0 spiro atoms. The van der Waals surface area contributed by atoms with Gasteiger partial charge in [-0.3, -0.25) is 37.3 Å². The lowest BCUT2D eigenvalue weighted by atomic mass is 9.99. The molecule has 0 fully saturated rings. The fourth-order valence-electron chi connectivity index (χ4n) is 11.2. The van der Waals surface area contributed by atoms with Gasteiger partial charge < -0.3 is 33.8 Å². The van der Waals surface area contributed by atoms with Gasteiger partial charge in [-0.2, -0.15) is 0 Å². The third kappa shape index (κ3) is 67.0. The monoisotopic (exact) mass is 1370 g/mol. The Morgan fingerprint density at radius 2 is 0.548 bits per heavy atom. The molecule has 3 N–H and O–H groups in total. The zero-order chi connectivity index (χ0) is 68.7. The molecule has 3 unspecified atom stereocenters. The molecule has 0 bridgehead atoms. The van der Waals surface area contributed by atoms with E-state index in [-0.39, 0.29) is 25.7 Å². The van der Waals surface area contributed by atoms with Crippen LogP contribution in [0.2, 0.25) is 0 Å². The van der Waals surface area contributed by atoms with Crippen molar-refractivity contribution in [2.45, 2.75) is 394 Å². The van der Waals surface area contributed by atoms with Gasteiger partial charge in [0, 0.05) is 25.7 Å².